The van der Waals surface area contributed by atoms with E-state index < -0.39 is 5.91 Å². The molecule has 0 aliphatic heterocycles. The number of hydrogen-bond donors (Lipinski definition) is 3. The summed E-state index contributed by atoms with van der Waals surface area (Å²) >= 11 is 0. The lowest BCUT2D eigenvalue weighted by molar-refractivity contribution is -0.137. The predicted octanol–water partition coefficient (Wildman–Crippen LogP) is 0.144. The Morgan fingerprint density at radius 3 is 1.89 bits per heavy atom. The summed E-state index contributed by atoms with van der Waals surface area (Å²) in [6.07, 6.45) is 4.21. The average molecular weight is 261 g/mol. The van der Waals surface area contributed by atoms with Gasteiger partial charge in [-0.25, -0.2) is 4.79 Å². The standard InChI is InChI=1S/C7H12O2.C3H5NO.C2H6O2/c1-3-5-6-9-7(8)4-2;1-2-3(4)5;3-1-2-4/h4H,2-3,5-6H2,1H3;2H,1H2,(H2,4,5);3-4H,1-2H2. The molecule has 0 saturated heterocycles. The maximum absolute atomic E-state index is 10.3. The monoisotopic (exact) mass is 261 g/mol. The van der Waals surface area contributed by atoms with Gasteiger partial charge in [-0.1, -0.05) is 26.5 Å². The number of carbonyl (C=O) groups is 2. The molecule has 6 nitrogen and oxygen atoms in total. The van der Waals surface area contributed by atoms with Crippen molar-refractivity contribution in [3.63, 3.8) is 0 Å². The van der Waals surface area contributed by atoms with Gasteiger partial charge in [0.25, 0.3) is 0 Å². The quantitative estimate of drug-likeness (QED) is 0.358. The van der Waals surface area contributed by atoms with Gasteiger partial charge in [0.1, 0.15) is 0 Å². The highest BCUT2D eigenvalue weighted by molar-refractivity contribution is 5.85. The first-order valence-corrected chi connectivity index (χ1v) is 5.42. The van der Waals surface area contributed by atoms with Crippen molar-refractivity contribution < 1.29 is 24.5 Å². The SMILES string of the molecule is C=CC(=O)OCCCC.C=CC(N)=O.OCCO. The van der Waals surface area contributed by atoms with Crippen molar-refractivity contribution in [1.29, 1.82) is 0 Å². The third-order valence-electron chi connectivity index (χ3n) is 1.21. The van der Waals surface area contributed by atoms with Crippen LogP contribution in [0.2, 0.25) is 0 Å². The van der Waals surface area contributed by atoms with Crippen LogP contribution < -0.4 is 5.73 Å². The highest BCUT2D eigenvalue weighted by Gasteiger charge is 1.91. The van der Waals surface area contributed by atoms with Gasteiger partial charge in [-0.3, -0.25) is 4.79 Å². The molecule has 1 amide bonds. The predicted molar refractivity (Wildman–Crippen MR) is 69.6 cm³/mol. The van der Waals surface area contributed by atoms with Crippen LogP contribution in [0.25, 0.3) is 0 Å². The van der Waals surface area contributed by atoms with Gasteiger partial charge < -0.3 is 20.7 Å². The van der Waals surface area contributed by atoms with Crippen LogP contribution in [0.3, 0.4) is 0 Å². The summed E-state index contributed by atoms with van der Waals surface area (Å²) in [5.41, 5.74) is 4.53. The molecule has 0 aromatic carbocycles. The zero-order chi connectivity index (χ0) is 14.8. The van der Waals surface area contributed by atoms with Gasteiger partial charge in [-0.2, -0.15) is 0 Å². The molecule has 0 spiro atoms. The van der Waals surface area contributed by atoms with Crippen LogP contribution in [0, 0.1) is 0 Å². The van der Waals surface area contributed by atoms with Crippen LogP contribution in [0.1, 0.15) is 19.8 Å². The molecule has 0 unspecified atom stereocenters. The minimum atomic E-state index is -0.481. The Hall–Kier alpha value is -1.66. The van der Waals surface area contributed by atoms with Crippen LogP contribution in [0.4, 0.5) is 0 Å². The first kappa shape index (κ1) is 21.6. The lowest BCUT2D eigenvalue weighted by Gasteiger charge is -1.97. The third-order valence-corrected chi connectivity index (χ3v) is 1.21. The van der Waals surface area contributed by atoms with E-state index in [2.05, 4.69) is 23.6 Å². The van der Waals surface area contributed by atoms with Crippen molar-refractivity contribution >= 4 is 11.9 Å². The fourth-order valence-electron chi connectivity index (χ4n) is 0.376. The molecule has 0 heterocycles. The first-order chi connectivity index (χ1) is 8.49. The van der Waals surface area contributed by atoms with Gasteiger partial charge in [0.2, 0.25) is 5.91 Å². The highest BCUT2D eigenvalue weighted by Crippen LogP contribution is 1.88. The van der Waals surface area contributed by atoms with E-state index in [9.17, 15) is 9.59 Å². The van der Waals surface area contributed by atoms with Gasteiger partial charge in [0.15, 0.2) is 0 Å². The van der Waals surface area contributed by atoms with Crippen molar-refractivity contribution in [2.75, 3.05) is 19.8 Å². The fraction of sp³-hybridized carbons (Fsp3) is 0.500. The molecule has 0 radical (unpaired) electrons. The average Bonchev–Trinajstić information content (AvgIpc) is 2.39. The van der Waals surface area contributed by atoms with Gasteiger partial charge in [0.05, 0.1) is 19.8 Å². The summed E-state index contributed by atoms with van der Waals surface area (Å²) < 4.78 is 4.67. The number of carbonyl (C=O) groups excluding carboxylic acids is 2. The summed E-state index contributed by atoms with van der Waals surface area (Å²) in [6, 6.07) is 0. The van der Waals surface area contributed by atoms with E-state index in [0.29, 0.717) is 6.61 Å². The van der Waals surface area contributed by atoms with Gasteiger partial charge >= 0.3 is 5.97 Å². The molecule has 0 bridgehead atoms. The number of ether oxygens (including phenoxy) is 1. The van der Waals surface area contributed by atoms with Crippen molar-refractivity contribution in [1.82, 2.24) is 0 Å². The van der Waals surface area contributed by atoms with Crippen LogP contribution in [-0.2, 0) is 14.3 Å². The molecule has 0 saturated carbocycles. The summed E-state index contributed by atoms with van der Waals surface area (Å²) in [6.45, 7) is 8.66. The Morgan fingerprint density at radius 1 is 1.22 bits per heavy atom. The van der Waals surface area contributed by atoms with Crippen molar-refractivity contribution in [3.8, 4) is 0 Å². The molecule has 0 aromatic rings. The molecule has 0 atom stereocenters. The summed E-state index contributed by atoms with van der Waals surface area (Å²) in [4.78, 5) is 19.8. The molecule has 0 rings (SSSR count). The van der Waals surface area contributed by atoms with Crippen molar-refractivity contribution in [3.05, 3.63) is 25.3 Å². The summed E-state index contributed by atoms with van der Waals surface area (Å²) in [7, 11) is 0. The van der Waals surface area contributed by atoms with Gasteiger partial charge in [0, 0.05) is 6.08 Å². The Balaban J connectivity index is -0.000000212. The second-order valence-electron chi connectivity index (χ2n) is 2.78. The van der Waals surface area contributed by atoms with E-state index >= 15 is 0 Å². The molecule has 4 N–H and O–H groups in total. The molecule has 0 aliphatic carbocycles. The van der Waals surface area contributed by atoms with E-state index in [1.54, 1.807) is 0 Å². The van der Waals surface area contributed by atoms with Crippen LogP contribution in [0.5, 0.6) is 0 Å². The Bertz CT molecular complexity index is 227. The second-order valence-corrected chi connectivity index (χ2v) is 2.78. The minimum Gasteiger partial charge on any atom is -0.463 e. The maximum atomic E-state index is 10.3. The smallest absolute Gasteiger partial charge is 0.330 e. The Kier molecular flexibility index (Phi) is 24.9. The second kappa shape index (κ2) is 20.7. The van der Waals surface area contributed by atoms with E-state index in [-0.39, 0.29) is 19.2 Å². The summed E-state index contributed by atoms with van der Waals surface area (Å²) in [5, 5.41) is 15.2. The highest BCUT2D eigenvalue weighted by atomic mass is 16.5. The zero-order valence-electron chi connectivity index (χ0n) is 10.8. The summed E-state index contributed by atoms with van der Waals surface area (Å²) in [5.74, 6) is -0.812. The zero-order valence-corrected chi connectivity index (χ0v) is 10.8. The molecule has 0 fully saturated rings. The number of unbranched alkanes of at least 4 members (excludes halogenated alkanes) is 1. The lowest BCUT2D eigenvalue weighted by atomic mass is 10.4. The normalized spacial score (nSPS) is 7.72. The van der Waals surface area contributed by atoms with E-state index in [4.69, 9.17) is 10.2 Å². The topological polar surface area (TPSA) is 110 Å². The number of esters is 1. The van der Waals surface area contributed by atoms with Gasteiger partial charge in [-0.05, 0) is 12.5 Å². The fourth-order valence-corrected chi connectivity index (χ4v) is 0.376. The number of rotatable bonds is 6. The molecule has 18 heavy (non-hydrogen) atoms. The lowest BCUT2D eigenvalue weighted by Crippen LogP contribution is -2.04. The number of primary amides is 1. The minimum absolute atomic E-state index is 0.125. The van der Waals surface area contributed by atoms with Crippen LogP contribution in [-0.4, -0.2) is 41.9 Å². The molecule has 106 valence electrons. The molecular weight excluding hydrogens is 238 g/mol. The number of aliphatic hydroxyl groups is 2. The first-order valence-electron chi connectivity index (χ1n) is 5.42. The molecule has 0 aromatic heterocycles. The Labute approximate surface area is 108 Å². The van der Waals surface area contributed by atoms with Crippen LogP contribution in [0.15, 0.2) is 25.3 Å². The number of hydrogen-bond acceptors (Lipinski definition) is 5. The molecule has 0 aliphatic rings. The third kappa shape index (κ3) is 36.7. The van der Waals surface area contributed by atoms with Crippen LogP contribution >= 0.6 is 0 Å². The maximum Gasteiger partial charge on any atom is 0.330 e. The number of nitrogens with two attached hydrogens (primary N) is 1. The Morgan fingerprint density at radius 2 is 1.67 bits per heavy atom. The van der Waals surface area contributed by atoms with E-state index in [0.717, 1.165) is 18.9 Å². The molecule has 6 heteroatoms. The molecular formula is C12H23NO5. The van der Waals surface area contributed by atoms with Crippen molar-refractivity contribution in [2.24, 2.45) is 5.73 Å². The largest absolute Gasteiger partial charge is 0.463 e. The number of amides is 1. The van der Waals surface area contributed by atoms with E-state index in [1.807, 2.05) is 6.92 Å². The van der Waals surface area contributed by atoms with Crippen molar-refractivity contribution in [2.45, 2.75) is 19.8 Å². The van der Waals surface area contributed by atoms with E-state index in [1.165, 1.54) is 6.08 Å². The number of aliphatic hydroxyl groups excluding tert-OH is 2. The van der Waals surface area contributed by atoms with Gasteiger partial charge in [-0.15, -0.1) is 0 Å².